The van der Waals surface area contributed by atoms with Gasteiger partial charge < -0.3 is 19.5 Å². The molecule has 2 aromatic carbocycles. The summed E-state index contributed by atoms with van der Waals surface area (Å²) in [5.74, 6) is 7.14. The lowest BCUT2D eigenvalue weighted by Gasteiger charge is -2.16. The summed E-state index contributed by atoms with van der Waals surface area (Å²) >= 11 is 1.01. The van der Waals surface area contributed by atoms with Gasteiger partial charge in [-0.15, -0.1) is 9.32 Å². The molecule has 28 heavy (non-hydrogen) atoms. The van der Waals surface area contributed by atoms with Crippen molar-refractivity contribution in [2.45, 2.75) is 31.2 Å². The Hall–Kier alpha value is -1.97. The van der Waals surface area contributed by atoms with Crippen molar-refractivity contribution in [3.05, 3.63) is 48.0 Å². The summed E-state index contributed by atoms with van der Waals surface area (Å²) in [6.45, 7) is 5.98. The van der Waals surface area contributed by atoms with Crippen molar-refractivity contribution < 1.29 is 23.5 Å². The maximum atomic E-state index is 5.83. The molecule has 0 spiro atoms. The minimum Gasteiger partial charge on any atom is -0.495 e. The molecule has 3 N–H and O–H groups in total. The fourth-order valence-corrected chi connectivity index (χ4v) is 3.25. The Bertz CT molecular complexity index is 717. The van der Waals surface area contributed by atoms with Gasteiger partial charge in [0.1, 0.15) is 12.4 Å². The third-order valence-electron chi connectivity index (χ3n) is 3.93. The number of methoxy groups -OCH3 is 1. The number of para-hydroxylation sites is 2. The van der Waals surface area contributed by atoms with Gasteiger partial charge in [0.25, 0.3) is 0 Å². The van der Waals surface area contributed by atoms with E-state index in [1.165, 1.54) is 0 Å². The number of ether oxygens (including phenoxy) is 3. The normalized spacial score (nSPS) is 11.9. The average molecular weight is 409 g/mol. The Morgan fingerprint density at radius 3 is 2.50 bits per heavy atom. The first-order chi connectivity index (χ1) is 13.7. The van der Waals surface area contributed by atoms with Gasteiger partial charge in [-0.05, 0) is 50.1 Å². The molecule has 0 amide bonds. The number of hydrogen-bond donors (Lipinski definition) is 2. The van der Waals surface area contributed by atoms with Crippen LogP contribution >= 0.6 is 12.0 Å². The van der Waals surface area contributed by atoms with Crippen molar-refractivity contribution in [1.82, 2.24) is 5.32 Å². The standard InChI is InChI=1S/C20H28N2O5S/c1-4-24-17-7-5-6-8-18(17)25-12-11-22-15(2)13-16-9-10-19(23-3)20(14-16)28-27-26-21/h5-10,14-15,22H,4,11-13,21H2,1-3H3/t15-/m1/s1. The van der Waals surface area contributed by atoms with Crippen molar-refractivity contribution in [3.63, 3.8) is 0 Å². The topological polar surface area (TPSA) is 84.2 Å². The summed E-state index contributed by atoms with van der Waals surface area (Å²) in [4.78, 5) is 4.96. The van der Waals surface area contributed by atoms with Crippen LogP contribution in [0.25, 0.3) is 0 Å². The Kier molecular flexibility index (Phi) is 9.95. The lowest BCUT2D eigenvalue weighted by molar-refractivity contribution is -0.195. The van der Waals surface area contributed by atoms with Gasteiger partial charge in [-0.2, -0.15) is 5.90 Å². The number of hydrogen-bond acceptors (Lipinski definition) is 8. The molecule has 0 aliphatic heterocycles. The molecular formula is C20H28N2O5S. The lowest BCUT2D eigenvalue weighted by atomic mass is 10.1. The zero-order valence-electron chi connectivity index (χ0n) is 16.5. The monoisotopic (exact) mass is 408 g/mol. The highest BCUT2D eigenvalue weighted by atomic mass is 32.2. The summed E-state index contributed by atoms with van der Waals surface area (Å²) < 4.78 is 21.5. The Labute approximate surface area is 170 Å². The Morgan fingerprint density at radius 2 is 1.82 bits per heavy atom. The van der Waals surface area contributed by atoms with E-state index in [-0.39, 0.29) is 6.04 Å². The zero-order chi connectivity index (χ0) is 20.2. The number of benzene rings is 2. The maximum absolute atomic E-state index is 5.83. The molecule has 0 aliphatic carbocycles. The third kappa shape index (κ3) is 7.21. The fraction of sp³-hybridized carbons (Fsp3) is 0.400. The van der Waals surface area contributed by atoms with Crippen LogP contribution in [0.4, 0.5) is 0 Å². The molecule has 154 valence electrons. The molecule has 0 aromatic heterocycles. The van der Waals surface area contributed by atoms with Gasteiger partial charge in [-0.1, -0.05) is 18.2 Å². The van der Waals surface area contributed by atoms with E-state index in [4.69, 9.17) is 24.4 Å². The zero-order valence-corrected chi connectivity index (χ0v) is 17.3. The van der Waals surface area contributed by atoms with E-state index in [1.54, 1.807) is 7.11 Å². The molecule has 2 rings (SSSR count). The van der Waals surface area contributed by atoms with Crippen LogP contribution < -0.4 is 25.4 Å². The van der Waals surface area contributed by atoms with Gasteiger partial charge in [-0.25, -0.2) is 0 Å². The minimum atomic E-state index is 0.267. The van der Waals surface area contributed by atoms with E-state index in [0.717, 1.165) is 47.0 Å². The molecule has 7 nitrogen and oxygen atoms in total. The summed E-state index contributed by atoms with van der Waals surface area (Å²) in [5.41, 5.74) is 1.14. The molecule has 2 aromatic rings. The lowest BCUT2D eigenvalue weighted by Crippen LogP contribution is -2.31. The van der Waals surface area contributed by atoms with Crippen molar-refractivity contribution >= 4 is 12.0 Å². The largest absolute Gasteiger partial charge is 0.495 e. The SMILES string of the molecule is CCOc1ccccc1OCCN[C@H](C)Cc1ccc(OC)c(SOON)c1. The van der Waals surface area contributed by atoms with E-state index in [0.29, 0.717) is 19.0 Å². The summed E-state index contributed by atoms with van der Waals surface area (Å²) in [6.07, 6.45) is 0.844. The second-order valence-electron chi connectivity index (χ2n) is 6.02. The summed E-state index contributed by atoms with van der Waals surface area (Å²) in [7, 11) is 1.61. The third-order valence-corrected chi connectivity index (χ3v) is 4.58. The van der Waals surface area contributed by atoms with Crippen LogP contribution in [0.1, 0.15) is 19.4 Å². The molecular weight excluding hydrogens is 380 g/mol. The maximum Gasteiger partial charge on any atom is 0.161 e. The van der Waals surface area contributed by atoms with Crippen LogP contribution in [0.15, 0.2) is 47.4 Å². The van der Waals surface area contributed by atoms with E-state index >= 15 is 0 Å². The molecule has 1 atom stereocenters. The first-order valence-electron chi connectivity index (χ1n) is 9.13. The minimum absolute atomic E-state index is 0.267. The number of nitrogens with two attached hydrogens (primary N) is 1. The molecule has 0 unspecified atom stereocenters. The van der Waals surface area contributed by atoms with Crippen LogP contribution in [0.2, 0.25) is 0 Å². The van der Waals surface area contributed by atoms with Crippen molar-refractivity contribution in [3.8, 4) is 17.2 Å². The smallest absolute Gasteiger partial charge is 0.161 e. The molecule has 0 radical (unpaired) electrons. The van der Waals surface area contributed by atoms with Gasteiger partial charge in [0.15, 0.2) is 11.5 Å². The van der Waals surface area contributed by atoms with E-state index in [9.17, 15) is 0 Å². The van der Waals surface area contributed by atoms with Gasteiger partial charge in [0, 0.05) is 12.6 Å². The second kappa shape index (κ2) is 12.5. The van der Waals surface area contributed by atoms with Crippen LogP contribution in [-0.4, -0.2) is 32.9 Å². The molecule has 0 heterocycles. The van der Waals surface area contributed by atoms with E-state index < -0.39 is 0 Å². The quantitative estimate of drug-likeness (QED) is 0.225. The van der Waals surface area contributed by atoms with Gasteiger partial charge in [0.2, 0.25) is 0 Å². The van der Waals surface area contributed by atoms with Crippen molar-refractivity contribution in [1.29, 1.82) is 0 Å². The molecule has 0 bridgehead atoms. The van der Waals surface area contributed by atoms with Crippen LogP contribution in [0.3, 0.4) is 0 Å². The first-order valence-corrected chi connectivity index (χ1v) is 9.87. The van der Waals surface area contributed by atoms with Gasteiger partial charge >= 0.3 is 0 Å². The van der Waals surface area contributed by atoms with Crippen molar-refractivity contribution in [2.75, 3.05) is 26.9 Å². The first kappa shape index (κ1) is 22.3. The van der Waals surface area contributed by atoms with Crippen LogP contribution in [0, 0.1) is 0 Å². The summed E-state index contributed by atoms with van der Waals surface area (Å²) in [5, 5.41) is 3.46. The predicted octanol–water partition coefficient (Wildman–Crippen LogP) is 3.52. The van der Waals surface area contributed by atoms with Crippen LogP contribution in [-0.2, 0) is 15.7 Å². The van der Waals surface area contributed by atoms with Crippen LogP contribution in [0.5, 0.6) is 17.2 Å². The Balaban J connectivity index is 1.80. The average Bonchev–Trinajstić information content (AvgIpc) is 2.71. The highest BCUT2D eigenvalue weighted by Gasteiger charge is 2.10. The molecule has 8 heteroatoms. The number of nitrogens with one attached hydrogen (secondary N) is 1. The predicted molar refractivity (Wildman–Crippen MR) is 109 cm³/mol. The van der Waals surface area contributed by atoms with E-state index in [1.807, 2.05) is 49.4 Å². The molecule has 0 aliphatic rings. The molecule has 0 fully saturated rings. The molecule has 0 saturated heterocycles. The van der Waals surface area contributed by atoms with Crippen molar-refractivity contribution in [2.24, 2.45) is 5.90 Å². The molecule has 0 saturated carbocycles. The van der Waals surface area contributed by atoms with Gasteiger partial charge in [0.05, 0.1) is 30.7 Å². The fourth-order valence-electron chi connectivity index (χ4n) is 2.71. The second-order valence-corrected chi connectivity index (χ2v) is 6.76. The highest BCUT2D eigenvalue weighted by molar-refractivity contribution is 7.94. The van der Waals surface area contributed by atoms with Gasteiger partial charge in [-0.3, -0.25) is 0 Å². The van der Waals surface area contributed by atoms with E-state index in [2.05, 4.69) is 17.2 Å². The summed E-state index contributed by atoms with van der Waals surface area (Å²) in [6, 6.07) is 13.9. The number of rotatable bonds is 13. The Morgan fingerprint density at radius 1 is 1.07 bits per heavy atom. The highest BCUT2D eigenvalue weighted by Crippen LogP contribution is 2.31.